The molecule has 1 N–H and O–H groups in total. The molecule has 2 aromatic carbocycles. The summed E-state index contributed by atoms with van der Waals surface area (Å²) >= 11 is 0. The van der Waals surface area contributed by atoms with E-state index in [9.17, 15) is 4.79 Å². The molecular formula is C20H25NO2. The molecule has 0 aliphatic carbocycles. The Morgan fingerprint density at radius 3 is 2.13 bits per heavy atom. The summed E-state index contributed by atoms with van der Waals surface area (Å²) in [6.07, 6.45) is -0.152. The number of hydrogen-bond acceptors (Lipinski definition) is 3. The van der Waals surface area contributed by atoms with E-state index in [1.165, 1.54) is 5.56 Å². The maximum absolute atomic E-state index is 12.1. The molecule has 122 valence electrons. The van der Waals surface area contributed by atoms with E-state index in [1.807, 2.05) is 43.3 Å². The molecule has 0 amide bonds. The smallest absolute Gasteiger partial charge is 0.338 e. The van der Waals surface area contributed by atoms with Gasteiger partial charge in [0.1, 0.15) is 6.10 Å². The third-order valence-electron chi connectivity index (χ3n) is 4.30. The Morgan fingerprint density at radius 1 is 0.957 bits per heavy atom. The van der Waals surface area contributed by atoms with Crippen LogP contribution in [0.3, 0.4) is 0 Å². The Kier molecular flexibility index (Phi) is 6.36. The van der Waals surface area contributed by atoms with Crippen LogP contribution in [0, 0.1) is 5.92 Å². The summed E-state index contributed by atoms with van der Waals surface area (Å²) in [4.78, 5) is 12.1. The van der Waals surface area contributed by atoms with Gasteiger partial charge < -0.3 is 10.1 Å². The highest BCUT2D eigenvalue weighted by molar-refractivity contribution is 5.89. The molecule has 3 unspecified atom stereocenters. The van der Waals surface area contributed by atoms with Crippen LogP contribution in [-0.2, 0) is 11.3 Å². The second kappa shape index (κ2) is 8.49. The lowest BCUT2D eigenvalue weighted by atomic mass is 9.97. The molecule has 0 aromatic heterocycles. The van der Waals surface area contributed by atoms with Gasteiger partial charge in [-0.3, -0.25) is 0 Å². The molecule has 0 radical (unpaired) electrons. The van der Waals surface area contributed by atoms with Gasteiger partial charge in [0.15, 0.2) is 0 Å². The Labute approximate surface area is 138 Å². The fourth-order valence-electron chi connectivity index (χ4n) is 2.39. The fraction of sp³-hybridized carbons (Fsp3) is 0.350. The van der Waals surface area contributed by atoms with E-state index in [0.717, 1.165) is 6.54 Å². The average Bonchev–Trinajstić information content (AvgIpc) is 2.60. The first-order chi connectivity index (χ1) is 11.1. The van der Waals surface area contributed by atoms with Gasteiger partial charge in [0.05, 0.1) is 5.56 Å². The Hall–Kier alpha value is -2.13. The molecule has 0 aliphatic rings. The molecular weight excluding hydrogens is 286 g/mol. The summed E-state index contributed by atoms with van der Waals surface area (Å²) in [6, 6.07) is 19.7. The van der Waals surface area contributed by atoms with Gasteiger partial charge in [0.2, 0.25) is 0 Å². The number of nitrogens with one attached hydrogen (secondary N) is 1. The summed E-state index contributed by atoms with van der Waals surface area (Å²) < 4.78 is 5.59. The van der Waals surface area contributed by atoms with E-state index in [2.05, 4.69) is 31.3 Å². The topological polar surface area (TPSA) is 38.3 Å². The molecule has 23 heavy (non-hydrogen) atoms. The molecule has 3 heteroatoms. The minimum atomic E-state index is -0.264. The zero-order valence-electron chi connectivity index (χ0n) is 14.0. The van der Waals surface area contributed by atoms with Crippen LogP contribution < -0.4 is 5.32 Å². The van der Waals surface area contributed by atoms with E-state index in [4.69, 9.17) is 4.74 Å². The van der Waals surface area contributed by atoms with Crippen molar-refractivity contribution in [1.82, 2.24) is 5.32 Å². The average molecular weight is 311 g/mol. The number of carbonyl (C=O) groups is 1. The van der Waals surface area contributed by atoms with Gasteiger partial charge in [-0.2, -0.15) is 0 Å². The second-order valence-corrected chi connectivity index (χ2v) is 5.99. The molecule has 0 saturated carbocycles. The van der Waals surface area contributed by atoms with Gasteiger partial charge in [0.25, 0.3) is 0 Å². The molecule has 0 bridgehead atoms. The van der Waals surface area contributed by atoms with Gasteiger partial charge in [-0.15, -0.1) is 0 Å². The monoisotopic (exact) mass is 311 g/mol. The summed E-state index contributed by atoms with van der Waals surface area (Å²) in [7, 11) is 0. The number of benzene rings is 2. The van der Waals surface area contributed by atoms with Gasteiger partial charge in [-0.1, -0.05) is 55.5 Å². The largest absolute Gasteiger partial charge is 0.459 e. The third-order valence-corrected chi connectivity index (χ3v) is 4.30. The van der Waals surface area contributed by atoms with Crippen molar-refractivity contribution in [3.8, 4) is 0 Å². The maximum Gasteiger partial charge on any atom is 0.338 e. The Bertz CT molecular complexity index is 598. The quantitative estimate of drug-likeness (QED) is 0.784. The lowest BCUT2D eigenvalue weighted by Gasteiger charge is -2.27. The molecule has 3 atom stereocenters. The molecule has 0 spiro atoms. The summed E-state index contributed by atoms with van der Waals surface area (Å²) in [6.45, 7) is 6.99. The van der Waals surface area contributed by atoms with Gasteiger partial charge in [0, 0.05) is 18.5 Å². The number of hydrogen-bond donors (Lipinski definition) is 1. The van der Waals surface area contributed by atoms with Crippen molar-refractivity contribution in [2.75, 3.05) is 0 Å². The standard InChI is InChI=1S/C20H25NO2/c1-15(16(2)21-14-18-10-6-4-7-11-18)17(3)23-20(22)19-12-8-5-9-13-19/h4-13,15-17,21H,14H2,1-3H3. The lowest BCUT2D eigenvalue weighted by molar-refractivity contribution is 0.0175. The predicted molar refractivity (Wildman–Crippen MR) is 93.2 cm³/mol. The number of carbonyl (C=O) groups excluding carboxylic acids is 1. The minimum Gasteiger partial charge on any atom is -0.459 e. The molecule has 2 rings (SSSR count). The van der Waals surface area contributed by atoms with Crippen molar-refractivity contribution in [1.29, 1.82) is 0 Å². The van der Waals surface area contributed by atoms with E-state index in [-0.39, 0.29) is 24.0 Å². The van der Waals surface area contributed by atoms with Crippen molar-refractivity contribution >= 4 is 5.97 Å². The zero-order chi connectivity index (χ0) is 16.7. The van der Waals surface area contributed by atoms with Crippen LogP contribution in [0.2, 0.25) is 0 Å². The van der Waals surface area contributed by atoms with Crippen LogP contribution in [0.1, 0.15) is 36.7 Å². The van der Waals surface area contributed by atoms with Crippen LogP contribution in [0.15, 0.2) is 60.7 Å². The van der Waals surface area contributed by atoms with Gasteiger partial charge in [-0.05, 0) is 31.5 Å². The normalized spacial score (nSPS) is 14.7. The number of esters is 1. The summed E-state index contributed by atoms with van der Waals surface area (Å²) in [5, 5.41) is 3.50. The van der Waals surface area contributed by atoms with E-state index < -0.39 is 0 Å². The van der Waals surface area contributed by atoms with Crippen LogP contribution >= 0.6 is 0 Å². The van der Waals surface area contributed by atoms with Crippen molar-refractivity contribution in [2.45, 2.75) is 39.5 Å². The zero-order valence-corrected chi connectivity index (χ0v) is 14.0. The molecule has 0 saturated heterocycles. The number of rotatable bonds is 7. The fourth-order valence-corrected chi connectivity index (χ4v) is 2.39. The highest BCUT2D eigenvalue weighted by Crippen LogP contribution is 2.15. The van der Waals surface area contributed by atoms with Crippen molar-refractivity contribution in [3.63, 3.8) is 0 Å². The molecule has 3 nitrogen and oxygen atoms in total. The van der Waals surface area contributed by atoms with Crippen LogP contribution in [0.5, 0.6) is 0 Å². The molecule has 2 aromatic rings. The third kappa shape index (κ3) is 5.22. The highest BCUT2D eigenvalue weighted by atomic mass is 16.5. The van der Waals surface area contributed by atoms with Crippen molar-refractivity contribution in [3.05, 3.63) is 71.8 Å². The first-order valence-corrected chi connectivity index (χ1v) is 8.11. The molecule has 0 heterocycles. The van der Waals surface area contributed by atoms with E-state index in [1.54, 1.807) is 12.1 Å². The Morgan fingerprint density at radius 2 is 1.52 bits per heavy atom. The van der Waals surface area contributed by atoms with Crippen LogP contribution in [0.4, 0.5) is 0 Å². The van der Waals surface area contributed by atoms with Crippen molar-refractivity contribution in [2.24, 2.45) is 5.92 Å². The lowest BCUT2D eigenvalue weighted by Crippen LogP contribution is -2.38. The van der Waals surface area contributed by atoms with E-state index >= 15 is 0 Å². The maximum atomic E-state index is 12.1. The number of ether oxygens (including phenoxy) is 1. The van der Waals surface area contributed by atoms with Crippen LogP contribution in [-0.4, -0.2) is 18.1 Å². The van der Waals surface area contributed by atoms with Gasteiger partial charge >= 0.3 is 5.97 Å². The summed E-state index contributed by atoms with van der Waals surface area (Å²) in [5.74, 6) is -0.0495. The van der Waals surface area contributed by atoms with Gasteiger partial charge in [-0.25, -0.2) is 4.79 Å². The van der Waals surface area contributed by atoms with E-state index in [0.29, 0.717) is 5.56 Å². The minimum absolute atomic E-state index is 0.152. The Balaban J connectivity index is 1.83. The van der Waals surface area contributed by atoms with Crippen molar-refractivity contribution < 1.29 is 9.53 Å². The first-order valence-electron chi connectivity index (χ1n) is 8.11. The SMILES string of the molecule is CC(NCc1ccccc1)C(C)C(C)OC(=O)c1ccccc1. The summed E-state index contributed by atoms with van der Waals surface area (Å²) in [5.41, 5.74) is 1.84. The highest BCUT2D eigenvalue weighted by Gasteiger charge is 2.22. The second-order valence-electron chi connectivity index (χ2n) is 5.99. The first kappa shape index (κ1) is 17.2. The van der Waals surface area contributed by atoms with Crippen LogP contribution in [0.25, 0.3) is 0 Å². The molecule has 0 fully saturated rings. The predicted octanol–water partition coefficient (Wildman–Crippen LogP) is 4.05. The molecule has 0 aliphatic heterocycles.